The Labute approximate surface area is 159 Å². The number of rotatable bonds is 6. The first kappa shape index (κ1) is 16.7. The molecule has 3 heterocycles. The van der Waals surface area contributed by atoms with Crippen LogP contribution in [0.15, 0.2) is 71.0 Å². The monoisotopic (exact) mass is 380 g/mol. The first-order valence-corrected chi connectivity index (χ1v) is 9.94. The van der Waals surface area contributed by atoms with Crippen LogP contribution in [-0.4, -0.2) is 27.2 Å². The van der Waals surface area contributed by atoms with Crippen LogP contribution >= 0.6 is 22.7 Å². The second-order valence-corrected chi connectivity index (χ2v) is 7.31. The molecule has 26 heavy (non-hydrogen) atoms. The van der Waals surface area contributed by atoms with Crippen molar-refractivity contribution < 1.29 is 4.79 Å². The molecule has 5 nitrogen and oxygen atoms in total. The summed E-state index contributed by atoms with van der Waals surface area (Å²) in [5, 5.41) is 14.1. The normalized spacial score (nSPS) is 12.0. The Bertz CT molecular complexity index is 928. The van der Waals surface area contributed by atoms with E-state index in [1.54, 1.807) is 22.9 Å². The van der Waals surface area contributed by atoms with Gasteiger partial charge in [0.25, 0.3) is 5.91 Å². The largest absolute Gasteiger partial charge is 0.348 e. The average molecular weight is 380 g/mol. The predicted molar refractivity (Wildman–Crippen MR) is 105 cm³/mol. The van der Waals surface area contributed by atoms with Gasteiger partial charge in [-0.25, -0.2) is 4.98 Å². The first-order valence-electron chi connectivity index (χ1n) is 8.11. The lowest BCUT2D eigenvalue weighted by Crippen LogP contribution is -2.31. The molecule has 0 aliphatic carbocycles. The summed E-state index contributed by atoms with van der Waals surface area (Å²) in [6.07, 6.45) is 3.65. The van der Waals surface area contributed by atoms with Crippen LogP contribution < -0.4 is 5.32 Å². The number of benzene rings is 1. The Morgan fingerprint density at radius 1 is 1.15 bits per heavy atom. The van der Waals surface area contributed by atoms with Gasteiger partial charge in [0.2, 0.25) is 0 Å². The molecule has 0 spiro atoms. The molecule has 1 atom stereocenters. The molecule has 0 aliphatic heterocycles. The van der Waals surface area contributed by atoms with Crippen molar-refractivity contribution in [1.82, 2.24) is 20.1 Å². The van der Waals surface area contributed by atoms with E-state index in [2.05, 4.69) is 26.8 Å². The van der Waals surface area contributed by atoms with Crippen molar-refractivity contribution in [1.29, 1.82) is 0 Å². The molecule has 1 amide bonds. The summed E-state index contributed by atoms with van der Waals surface area (Å²) in [5.74, 6) is -0.171. The Hall–Kier alpha value is -2.77. The first-order chi connectivity index (χ1) is 12.8. The molecule has 3 aromatic heterocycles. The zero-order valence-electron chi connectivity index (χ0n) is 13.8. The minimum atomic E-state index is -0.171. The number of thiophene rings is 1. The fourth-order valence-corrected chi connectivity index (χ4v) is 4.18. The van der Waals surface area contributed by atoms with Crippen LogP contribution in [0.2, 0.25) is 0 Å². The lowest BCUT2D eigenvalue weighted by molar-refractivity contribution is 0.0945. The van der Waals surface area contributed by atoms with E-state index in [9.17, 15) is 4.79 Å². The van der Waals surface area contributed by atoms with Gasteiger partial charge in [0.15, 0.2) is 0 Å². The zero-order chi connectivity index (χ0) is 17.8. The van der Waals surface area contributed by atoms with Crippen molar-refractivity contribution in [2.45, 2.75) is 6.04 Å². The molecule has 4 rings (SSSR count). The molecule has 0 radical (unpaired) electrons. The van der Waals surface area contributed by atoms with E-state index >= 15 is 0 Å². The van der Waals surface area contributed by atoms with Crippen molar-refractivity contribution in [3.63, 3.8) is 0 Å². The maximum Gasteiger partial charge on any atom is 0.270 e. The molecule has 0 fully saturated rings. The maximum atomic E-state index is 12.5. The summed E-state index contributed by atoms with van der Waals surface area (Å²) < 4.78 is 1.86. The molecule has 0 unspecified atom stereocenters. The molecule has 1 N–H and O–H groups in total. The lowest BCUT2D eigenvalue weighted by Gasteiger charge is -2.17. The highest BCUT2D eigenvalue weighted by atomic mass is 32.1. The van der Waals surface area contributed by atoms with Crippen molar-refractivity contribution in [3.05, 3.63) is 82.3 Å². The Kier molecular flexibility index (Phi) is 4.90. The molecule has 7 heteroatoms. The second-order valence-electron chi connectivity index (χ2n) is 5.67. The summed E-state index contributed by atoms with van der Waals surface area (Å²) in [5.41, 5.74) is 2.59. The minimum Gasteiger partial charge on any atom is -0.348 e. The smallest absolute Gasteiger partial charge is 0.270 e. The number of nitrogens with one attached hydrogen (secondary N) is 1. The molecule has 4 aromatic rings. The van der Waals surface area contributed by atoms with Gasteiger partial charge in [-0.3, -0.25) is 9.48 Å². The van der Waals surface area contributed by atoms with Crippen molar-refractivity contribution in [2.75, 3.05) is 6.54 Å². The summed E-state index contributed by atoms with van der Waals surface area (Å²) >= 11 is 3.11. The molecular weight excluding hydrogens is 364 g/mol. The zero-order valence-corrected chi connectivity index (χ0v) is 15.4. The fourth-order valence-electron chi connectivity index (χ4n) is 2.66. The quantitative estimate of drug-likeness (QED) is 0.548. The fraction of sp³-hybridized carbons (Fsp3) is 0.105. The van der Waals surface area contributed by atoms with Gasteiger partial charge in [0.05, 0.1) is 6.04 Å². The minimum absolute atomic E-state index is 0.0348. The van der Waals surface area contributed by atoms with E-state index in [1.807, 2.05) is 52.7 Å². The van der Waals surface area contributed by atoms with Crippen molar-refractivity contribution in [2.24, 2.45) is 0 Å². The van der Waals surface area contributed by atoms with Gasteiger partial charge in [0, 0.05) is 29.9 Å². The highest BCUT2D eigenvalue weighted by Gasteiger charge is 2.18. The average Bonchev–Trinajstić information content (AvgIpc) is 3.44. The maximum absolute atomic E-state index is 12.5. The number of hydrogen-bond acceptors (Lipinski definition) is 5. The number of hydrogen-bond donors (Lipinski definition) is 1. The molecule has 1 aromatic carbocycles. The topological polar surface area (TPSA) is 59.8 Å². The third-order valence-corrected chi connectivity index (χ3v) is 5.58. The standard InChI is InChI=1S/C19H16N4OS2/c24-18(16-13-26-19(22-16)14-5-2-1-3-6-14)20-11-17(15-7-10-25-12-15)23-9-4-8-21-23/h1-10,12-13,17H,11H2,(H,20,24)/t17-/m0/s1. The van der Waals surface area contributed by atoms with Crippen molar-refractivity contribution >= 4 is 28.6 Å². The Morgan fingerprint density at radius 2 is 2.04 bits per heavy atom. The van der Waals surface area contributed by atoms with Crippen LogP contribution in [0, 0.1) is 0 Å². The van der Waals surface area contributed by atoms with Gasteiger partial charge in [-0.2, -0.15) is 16.4 Å². The summed E-state index contributed by atoms with van der Waals surface area (Å²) in [6.45, 7) is 0.454. The number of thiazole rings is 1. The van der Waals surface area contributed by atoms with E-state index in [0.717, 1.165) is 16.1 Å². The lowest BCUT2D eigenvalue weighted by atomic mass is 10.1. The number of nitrogens with zero attached hydrogens (tertiary/aromatic N) is 3. The number of carbonyl (C=O) groups is 1. The number of aromatic nitrogens is 3. The summed E-state index contributed by atoms with van der Waals surface area (Å²) in [6, 6.07) is 13.8. The predicted octanol–water partition coefficient (Wildman–Crippen LogP) is 4.09. The van der Waals surface area contributed by atoms with Crippen molar-refractivity contribution in [3.8, 4) is 10.6 Å². The Morgan fingerprint density at radius 3 is 2.77 bits per heavy atom. The van der Waals surface area contributed by atoms with Gasteiger partial charge in [0.1, 0.15) is 10.7 Å². The number of carbonyl (C=O) groups excluding carboxylic acids is 1. The molecule has 130 valence electrons. The number of amides is 1. The van der Waals surface area contributed by atoms with Crippen LogP contribution in [0.4, 0.5) is 0 Å². The summed E-state index contributed by atoms with van der Waals surface area (Å²) in [7, 11) is 0. The van der Waals surface area contributed by atoms with Gasteiger partial charge in [-0.05, 0) is 28.5 Å². The van der Waals surface area contributed by atoms with Gasteiger partial charge < -0.3 is 5.32 Å². The van der Waals surface area contributed by atoms with Crippen LogP contribution in [0.5, 0.6) is 0 Å². The van der Waals surface area contributed by atoms with E-state index in [4.69, 9.17) is 0 Å². The third kappa shape index (κ3) is 3.58. The Balaban J connectivity index is 1.47. The van der Waals surface area contributed by atoms with Crippen LogP contribution in [0.25, 0.3) is 10.6 Å². The van der Waals surface area contributed by atoms with E-state index in [-0.39, 0.29) is 11.9 Å². The van der Waals surface area contributed by atoms with Gasteiger partial charge in [-0.1, -0.05) is 30.3 Å². The molecule has 0 saturated heterocycles. The molecular formula is C19H16N4OS2. The molecule has 0 aliphatic rings. The molecule has 0 bridgehead atoms. The molecule has 0 saturated carbocycles. The van der Waals surface area contributed by atoms with Crippen LogP contribution in [0.3, 0.4) is 0 Å². The third-order valence-electron chi connectivity index (χ3n) is 3.99. The van der Waals surface area contributed by atoms with Gasteiger partial charge >= 0.3 is 0 Å². The highest BCUT2D eigenvalue weighted by Crippen LogP contribution is 2.23. The van der Waals surface area contributed by atoms with Crippen LogP contribution in [-0.2, 0) is 0 Å². The summed E-state index contributed by atoms with van der Waals surface area (Å²) in [4.78, 5) is 17.0. The second kappa shape index (κ2) is 7.63. The highest BCUT2D eigenvalue weighted by molar-refractivity contribution is 7.13. The van der Waals surface area contributed by atoms with E-state index in [1.165, 1.54) is 11.3 Å². The van der Waals surface area contributed by atoms with E-state index in [0.29, 0.717) is 12.2 Å². The van der Waals surface area contributed by atoms with Crippen LogP contribution in [0.1, 0.15) is 22.1 Å². The van der Waals surface area contributed by atoms with Gasteiger partial charge in [-0.15, -0.1) is 11.3 Å². The van der Waals surface area contributed by atoms with E-state index < -0.39 is 0 Å². The SMILES string of the molecule is O=C(NC[C@@H](c1ccsc1)n1cccn1)c1csc(-c2ccccc2)n1.